The van der Waals surface area contributed by atoms with Gasteiger partial charge in [0, 0.05) is 25.6 Å². The number of hydrogen-bond acceptors (Lipinski definition) is 2. The number of aryl methyl sites for hydroxylation is 1. The van der Waals surface area contributed by atoms with E-state index in [2.05, 4.69) is 36.5 Å². The van der Waals surface area contributed by atoms with Crippen LogP contribution in [0.2, 0.25) is 0 Å². The standard InChI is InChI=1S/C18H28N2O2/c1-14-7-6-8-16(11-14)18(9-4-5-10-18)13-19-17(22)20(3)12-15(2)21/h6-8,11,15,21H,4-5,9-10,12-13H2,1-3H3,(H,19,22). The van der Waals surface area contributed by atoms with Gasteiger partial charge in [-0.2, -0.15) is 0 Å². The monoisotopic (exact) mass is 304 g/mol. The van der Waals surface area contributed by atoms with Crippen molar-refractivity contribution in [2.45, 2.75) is 51.0 Å². The van der Waals surface area contributed by atoms with E-state index in [1.54, 1.807) is 18.9 Å². The van der Waals surface area contributed by atoms with E-state index in [4.69, 9.17) is 0 Å². The highest BCUT2D eigenvalue weighted by molar-refractivity contribution is 5.74. The van der Waals surface area contributed by atoms with Gasteiger partial charge in [0.1, 0.15) is 0 Å². The largest absolute Gasteiger partial charge is 0.392 e. The Hall–Kier alpha value is -1.55. The lowest BCUT2D eigenvalue weighted by Gasteiger charge is -2.31. The van der Waals surface area contributed by atoms with Crippen LogP contribution in [-0.2, 0) is 5.41 Å². The molecular formula is C18H28N2O2. The topological polar surface area (TPSA) is 52.6 Å². The molecule has 0 saturated heterocycles. The number of likely N-dealkylation sites (N-methyl/N-ethyl adjacent to an activating group) is 1. The van der Waals surface area contributed by atoms with E-state index < -0.39 is 6.10 Å². The summed E-state index contributed by atoms with van der Waals surface area (Å²) in [4.78, 5) is 13.7. The van der Waals surface area contributed by atoms with Crippen molar-refractivity contribution in [1.29, 1.82) is 0 Å². The van der Waals surface area contributed by atoms with Crippen LogP contribution in [0.4, 0.5) is 4.79 Å². The minimum Gasteiger partial charge on any atom is -0.392 e. The Morgan fingerprint density at radius 1 is 1.41 bits per heavy atom. The van der Waals surface area contributed by atoms with E-state index >= 15 is 0 Å². The Labute approximate surface area is 133 Å². The van der Waals surface area contributed by atoms with Crippen molar-refractivity contribution in [2.24, 2.45) is 0 Å². The average molecular weight is 304 g/mol. The quantitative estimate of drug-likeness (QED) is 0.879. The van der Waals surface area contributed by atoms with Gasteiger partial charge in [-0.3, -0.25) is 0 Å². The summed E-state index contributed by atoms with van der Waals surface area (Å²) in [5, 5.41) is 12.5. The fourth-order valence-electron chi connectivity index (χ4n) is 3.45. The third kappa shape index (κ3) is 4.01. The molecule has 0 aliphatic heterocycles. The predicted molar refractivity (Wildman–Crippen MR) is 89.0 cm³/mol. The molecular weight excluding hydrogens is 276 g/mol. The number of urea groups is 1. The molecule has 2 N–H and O–H groups in total. The van der Waals surface area contributed by atoms with Gasteiger partial charge in [0.25, 0.3) is 0 Å². The average Bonchev–Trinajstić information content (AvgIpc) is 2.94. The first-order chi connectivity index (χ1) is 10.4. The maximum absolute atomic E-state index is 12.2. The molecule has 0 bridgehead atoms. The molecule has 0 radical (unpaired) electrons. The fourth-order valence-corrected chi connectivity index (χ4v) is 3.45. The first-order valence-electron chi connectivity index (χ1n) is 8.17. The highest BCUT2D eigenvalue weighted by atomic mass is 16.3. The molecule has 1 saturated carbocycles. The summed E-state index contributed by atoms with van der Waals surface area (Å²) in [6.07, 6.45) is 4.17. The first kappa shape index (κ1) is 16.8. The number of aliphatic hydroxyl groups excluding tert-OH is 1. The Bertz CT molecular complexity index is 508. The first-order valence-corrected chi connectivity index (χ1v) is 8.17. The van der Waals surface area contributed by atoms with Crippen molar-refractivity contribution in [1.82, 2.24) is 10.2 Å². The maximum atomic E-state index is 12.2. The molecule has 1 aliphatic carbocycles. The van der Waals surface area contributed by atoms with Gasteiger partial charge in [-0.25, -0.2) is 4.79 Å². The van der Waals surface area contributed by atoms with Gasteiger partial charge >= 0.3 is 6.03 Å². The summed E-state index contributed by atoms with van der Waals surface area (Å²) in [6, 6.07) is 8.54. The molecule has 1 aromatic rings. The highest BCUT2D eigenvalue weighted by Gasteiger charge is 2.36. The third-order valence-electron chi connectivity index (χ3n) is 4.65. The molecule has 4 heteroatoms. The molecule has 1 fully saturated rings. The van der Waals surface area contributed by atoms with Crippen LogP contribution >= 0.6 is 0 Å². The van der Waals surface area contributed by atoms with Crippen LogP contribution in [-0.4, -0.2) is 42.3 Å². The van der Waals surface area contributed by atoms with Crippen molar-refractivity contribution in [2.75, 3.05) is 20.1 Å². The summed E-state index contributed by atoms with van der Waals surface area (Å²) >= 11 is 0. The Kier molecular flexibility index (Phi) is 5.46. The highest BCUT2D eigenvalue weighted by Crippen LogP contribution is 2.40. The Morgan fingerprint density at radius 3 is 2.68 bits per heavy atom. The minimum absolute atomic E-state index is 0.0628. The number of carbonyl (C=O) groups excluding carboxylic acids is 1. The van der Waals surface area contributed by atoms with Gasteiger partial charge in [0.05, 0.1) is 6.10 Å². The van der Waals surface area contributed by atoms with Crippen molar-refractivity contribution in [3.05, 3.63) is 35.4 Å². The molecule has 2 amide bonds. The number of hydrogen-bond donors (Lipinski definition) is 2. The van der Waals surface area contributed by atoms with Gasteiger partial charge in [-0.1, -0.05) is 42.7 Å². The molecule has 4 nitrogen and oxygen atoms in total. The van der Waals surface area contributed by atoms with Crippen LogP contribution in [0.5, 0.6) is 0 Å². The van der Waals surface area contributed by atoms with E-state index in [0.717, 1.165) is 12.8 Å². The number of carbonyl (C=O) groups is 1. The van der Waals surface area contributed by atoms with Gasteiger partial charge in [-0.05, 0) is 32.3 Å². The van der Waals surface area contributed by atoms with Crippen LogP contribution < -0.4 is 5.32 Å². The third-order valence-corrected chi connectivity index (χ3v) is 4.65. The molecule has 0 spiro atoms. The number of nitrogens with zero attached hydrogens (tertiary/aromatic N) is 1. The predicted octanol–water partition coefficient (Wildman–Crippen LogP) is 2.83. The second kappa shape index (κ2) is 7.14. The van der Waals surface area contributed by atoms with E-state index in [1.807, 2.05) is 0 Å². The number of amides is 2. The summed E-state index contributed by atoms with van der Waals surface area (Å²) < 4.78 is 0. The molecule has 1 atom stereocenters. The van der Waals surface area contributed by atoms with E-state index in [-0.39, 0.29) is 11.4 Å². The molecule has 2 rings (SSSR count). The van der Waals surface area contributed by atoms with Gasteiger partial charge in [0.15, 0.2) is 0 Å². The summed E-state index contributed by atoms with van der Waals surface area (Å²) in [6.45, 7) is 4.82. The summed E-state index contributed by atoms with van der Waals surface area (Å²) in [5.74, 6) is 0. The normalized spacial score (nSPS) is 18.0. The lowest BCUT2D eigenvalue weighted by atomic mass is 9.78. The minimum atomic E-state index is -0.507. The van der Waals surface area contributed by atoms with Crippen molar-refractivity contribution < 1.29 is 9.90 Å². The van der Waals surface area contributed by atoms with E-state index in [9.17, 15) is 9.90 Å². The lowest BCUT2D eigenvalue weighted by Crippen LogP contribution is -2.46. The van der Waals surface area contributed by atoms with E-state index in [1.165, 1.54) is 24.0 Å². The van der Waals surface area contributed by atoms with Crippen LogP contribution in [0.15, 0.2) is 24.3 Å². The molecule has 1 aliphatic rings. The maximum Gasteiger partial charge on any atom is 0.317 e. The van der Waals surface area contributed by atoms with Gasteiger partial charge in [0.2, 0.25) is 0 Å². The molecule has 1 unspecified atom stereocenters. The molecule has 0 aromatic heterocycles. The van der Waals surface area contributed by atoms with Gasteiger partial charge < -0.3 is 15.3 Å². The smallest absolute Gasteiger partial charge is 0.317 e. The van der Waals surface area contributed by atoms with Gasteiger partial charge in [-0.15, -0.1) is 0 Å². The lowest BCUT2D eigenvalue weighted by molar-refractivity contribution is 0.143. The Balaban J connectivity index is 2.05. The molecule has 1 aromatic carbocycles. The second-order valence-corrected chi connectivity index (χ2v) is 6.75. The number of nitrogens with one attached hydrogen (secondary N) is 1. The zero-order chi connectivity index (χ0) is 16.2. The number of rotatable bonds is 5. The van der Waals surface area contributed by atoms with Crippen LogP contribution in [0.1, 0.15) is 43.7 Å². The number of benzene rings is 1. The van der Waals surface area contributed by atoms with E-state index in [0.29, 0.717) is 13.1 Å². The number of aliphatic hydroxyl groups is 1. The van der Waals surface area contributed by atoms with Crippen molar-refractivity contribution >= 4 is 6.03 Å². The van der Waals surface area contributed by atoms with Crippen LogP contribution in [0, 0.1) is 6.92 Å². The van der Waals surface area contributed by atoms with Crippen molar-refractivity contribution in [3.63, 3.8) is 0 Å². The Morgan fingerprint density at radius 2 is 2.09 bits per heavy atom. The SMILES string of the molecule is Cc1cccc(C2(CNC(=O)N(C)CC(C)O)CCCC2)c1. The fraction of sp³-hybridized carbons (Fsp3) is 0.611. The van der Waals surface area contributed by atoms with Crippen molar-refractivity contribution in [3.8, 4) is 0 Å². The molecule has 122 valence electrons. The summed E-state index contributed by atoms with van der Waals surface area (Å²) in [5.41, 5.74) is 2.66. The van der Waals surface area contributed by atoms with Crippen LogP contribution in [0.3, 0.4) is 0 Å². The van der Waals surface area contributed by atoms with Crippen LogP contribution in [0.25, 0.3) is 0 Å². The molecule has 0 heterocycles. The zero-order valence-corrected chi connectivity index (χ0v) is 13.9. The summed E-state index contributed by atoms with van der Waals surface area (Å²) in [7, 11) is 1.72. The zero-order valence-electron chi connectivity index (χ0n) is 13.9. The molecule has 22 heavy (non-hydrogen) atoms. The second-order valence-electron chi connectivity index (χ2n) is 6.75.